The predicted octanol–water partition coefficient (Wildman–Crippen LogP) is 4.55. The molecule has 1 N–H and O–H groups in total. The topological polar surface area (TPSA) is 47.0 Å². The van der Waals surface area contributed by atoms with Gasteiger partial charge < -0.3 is 10.1 Å². The molecule has 2 aromatic rings. The van der Waals surface area contributed by atoms with Crippen LogP contribution in [0, 0.1) is 0 Å². The quantitative estimate of drug-likeness (QED) is 0.834. The first-order valence-electron chi connectivity index (χ1n) is 5.52. The van der Waals surface area contributed by atoms with Gasteiger partial charge in [-0.1, -0.05) is 11.6 Å². The highest BCUT2D eigenvalue weighted by molar-refractivity contribution is 6.32. The molecule has 0 amide bonds. The number of ether oxygens (including phenoxy) is 1. The van der Waals surface area contributed by atoms with Gasteiger partial charge >= 0.3 is 6.18 Å². The molecule has 21 heavy (non-hydrogen) atoms. The Kier molecular flexibility index (Phi) is 4.43. The van der Waals surface area contributed by atoms with Crippen LogP contribution in [0.2, 0.25) is 10.3 Å². The van der Waals surface area contributed by atoms with Crippen LogP contribution in [0.25, 0.3) is 0 Å². The van der Waals surface area contributed by atoms with E-state index in [-0.39, 0.29) is 5.82 Å². The zero-order chi connectivity index (χ0) is 15.6. The third-order valence-electron chi connectivity index (χ3n) is 2.41. The third kappa shape index (κ3) is 3.89. The molecule has 0 aliphatic carbocycles. The first kappa shape index (κ1) is 15.7. The van der Waals surface area contributed by atoms with E-state index < -0.39 is 17.2 Å². The summed E-state index contributed by atoms with van der Waals surface area (Å²) in [7, 11) is 1.45. The van der Waals surface area contributed by atoms with Gasteiger partial charge in [-0.15, -0.1) is 0 Å². The van der Waals surface area contributed by atoms with Crippen LogP contribution in [0.4, 0.5) is 24.7 Å². The van der Waals surface area contributed by atoms with Gasteiger partial charge in [-0.2, -0.15) is 13.2 Å². The molecule has 0 spiro atoms. The number of anilines is 2. The van der Waals surface area contributed by atoms with Crippen molar-refractivity contribution in [1.29, 1.82) is 0 Å². The number of rotatable bonds is 3. The molecule has 0 fully saturated rings. The van der Waals surface area contributed by atoms with E-state index in [1.54, 1.807) is 12.1 Å². The largest absolute Gasteiger partial charge is 0.495 e. The molecule has 0 saturated carbocycles. The SMILES string of the molecule is COc1ccc(Nc2cc(C(F)(F)F)nc(Cl)n2)cc1Cl. The number of nitrogens with one attached hydrogen (secondary N) is 1. The first-order chi connectivity index (χ1) is 9.79. The fourth-order valence-corrected chi connectivity index (χ4v) is 1.96. The minimum atomic E-state index is -4.61. The van der Waals surface area contributed by atoms with E-state index in [1.165, 1.54) is 13.2 Å². The Morgan fingerprint density at radius 1 is 1.14 bits per heavy atom. The van der Waals surface area contributed by atoms with Gasteiger partial charge in [-0.3, -0.25) is 0 Å². The van der Waals surface area contributed by atoms with E-state index in [2.05, 4.69) is 15.3 Å². The summed E-state index contributed by atoms with van der Waals surface area (Å²) in [5.41, 5.74) is -0.701. The van der Waals surface area contributed by atoms with Gasteiger partial charge in [0.25, 0.3) is 0 Å². The van der Waals surface area contributed by atoms with Crippen molar-refractivity contribution < 1.29 is 17.9 Å². The fraction of sp³-hybridized carbons (Fsp3) is 0.167. The van der Waals surface area contributed by atoms with Crippen molar-refractivity contribution in [3.8, 4) is 5.75 Å². The van der Waals surface area contributed by atoms with Crippen LogP contribution in [0.5, 0.6) is 5.75 Å². The molecule has 0 atom stereocenters. The second kappa shape index (κ2) is 5.95. The summed E-state index contributed by atoms with van der Waals surface area (Å²) in [5.74, 6) is 0.350. The molecule has 9 heteroatoms. The number of halogens is 5. The van der Waals surface area contributed by atoms with E-state index in [9.17, 15) is 13.2 Å². The molecule has 112 valence electrons. The molecule has 1 aromatic carbocycles. The average molecular weight is 338 g/mol. The summed E-state index contributed by atoms with van der Waals surface area (Å²) in [6, 6.07) is 5.39. The fourth-order valence-electron chi connectivity index (χ4n) is 1.52. The molecule has 0 unspecified atom stereocenters. The first-order valence-corrected chi connectivity index (χ1v) is 6.27. The molecule has 0 aliphatic rings. The number of hydrogen-bond acceptors (Lipinski definition) is 4. The third-order valence-corrected chi connectivity index (χ3v) is 2.88. The van der Waals surface area contributed by atoms with Crippen LogP contribution in [-0.4, -0.2) is 17.1 Å². The summed E-state index contributed by atoms with van der Waals surface area (Å²) in [6.45, 7) is 0. The summed E-state index contributed by atoms with van der Waals surface area (Å²) < 4.78 is 42.9. The number of hydrogen-bond donors (Lipinski definition) is 1. The smallest absolute Gasteiger partial charge is 0.433 e. The van der Waals surface area contributed by atoms with Crippen LogP contribution in [-0.2, 0) is 6.18 Å². The zero-order valence-electron chi connectivity index (χ0n) is 10.5. The van der Waals surface area contributed by atoms with E-state index in [0.29, 0.717) is 16.5 Å². The maximum atomic E-state index is 12.6. The second-order valence-corrected chi connectivity index (χ2v) is 4.62. The Hall–Kier alpha value is -1.73. The Balaban J connectivity index is 2.31. The summed E-state index contributed by atoms with van der Waals surface area (Å²) in [6.07, 6.45) is -4.61. The van der Waals surface area contributed by atoms with Crippen LogP contribution in [0.15, 0.2) is 24.3 Å². The highest BCUT2D eigenvalue weighted by Gasteiger charge is 2.33. The molecule has 4 nitrogen and oxygen atoms in total. The number of nitrogens with zero attached hydrogens (tertiary/aromatic N) is 2. The van der Waals surface area contributed by atoms with Crippen molar-refractivity contribution in [1.82, 2.24) is 9.97 Å². The van der Waals surface area contributed by atoms with Crippen molar-refractivity contribution >= 4 is 34.7 Å². The Morgan fingerprint density at radius 2 is 1.86 bits per heavy atom. The van der Waals surface area contributed by atoms with Gasteiger partial charge in [0.1, 0.15) is 11.6 Å². The molecule has 0 aliphatic heterocycles. The van der Waals surface area contributed by atoms with E-state index in [4.69, 9.17) is 27.9 Å². The lowest BCUT2D eigenvalue weighted by Gasteiger charge is -2.11. The van der Waals surface area contributed by atoms with E-state index in [1.807, 2.05) is 0 Å². The Bertz CT molecular complexity index is 665. The number of benzene rings is 1. The molecule has 0 saturated heterocycles. The standard InChI is InChI=1S/C12H8Cl2F3N3O/c1-21-8-3-2-6(4-7(8)13)18-10-5-9(12(15,16)17)19-11(14)20-10/h2-5H,1H3,(H,18,19,20). The van der Waals surface area contributed by atoms with Gasteiger partial charge in [0.05, 0.1) is 12.1 Å². The van der Waals surface area contributed by atoms with Crippen molar-refractivity contribution in [2.75, 3.05) is 12.4 Å². The summed E-state index contributed by atoms with van der Waals surface area (Å²) in [5, 5.41) is 2.47. The molecule has 0 bridgehead atoms. The number of methoxy groups -OCH3 is 1. The number of alkyl halides is 3. The minimum Gasteiger partial charge on any atom is -0.495 e. The maximum Gasteiger partial charge on any atom is 0.433 e. The Morgan fingerprint density at radius 3 is 2.43 bits per heavy atom. The minimum absolute atomic E-state index is 0.0939. The number of aromatic nitrogens is 2. The van der Waals surface area contributed by atoms with Crippen molar-refractivity contribution in [3.63, 3.8) is 0 Å². The molecule has 1 heterocycles. The highest BCUT2D eigenvalue weighted by Crippen LogP contribution is 2.32. The highest BCUT2D eigenvalue weighted by atomic mass is 35.5. The van der Waals surface area contributed by atoms with Crippen LogP contribution >= 0.6 is 23.2 Å². The lowest BCUT2D eigenvalue weighted by atomic mass is 10.3. The van der Waals surface area contributed by atoms with E-state index in [0.717, 1.165) is 6.07 Å². The van der Waals surface area contributed by atoms with Gasteiger partial charge in [-0.25, -0.2) is 9.97 Å². The Labute approximate surface area is 127 Å². The molecule has 0 radical (unpaired) electrons. The van der Waals surface area contributed by atoms with Crippen molar-refractivity contribution in [2.24, 2.45) is 0 Å². The zero-order valence-corrected chi connectivity index (χ0v) is 12.0. The van der Waals surface area contributed by atoms with Crippen molar-refractivity contribution in [3.05, 3.63) is 40.3 Å². The molecule has 1 aromatic heterocycles. The van der Waals surface area contributed by atoms with Gasteiger partial charge in [0, 0.05) is 11.8 Å². The van der Waals surface area contributed by atoms with Gasteiger partial charge in [0.2, 0.25) is 5.28 Å². The molecular formula is C12H8Cl2F3N3O. The lowest BCUT2D eigenvalue weighted by Crippen LogP contribution is -2.10. The summed E-state index contributed by atoms with van der Waals surface area (Å²) in [4.78, 5) is 6.82. The lowest BCUT2D eigenvalue weighted by molar-refractivity contribution is -0.141. The van der Waals surface area contributed by atoms with Crippen LogP contribution in [0.1, 0.15) is 5.69 Å². The average Bonchev–Trinajstić information content (AvgIpc) is 2.37. The molecule has 2 rings (SSSR count). The van der Waals surface area contributed by atoms with Gasteiger partial charge in [0.15, 0.2) is 5.69 Å². The molecular weight excluding hydrogens is 330 g/mol. The normalized spacial score (nSPS) is 11.3. The summed E-state index contributed by atoms with van der Waals surface area (Å²) >= 11 is 11.4. The maximum absolute atomic E-state index is 12.6. The van der Waals surface area contributed by atoms with Crippen molar-refractivity contribution in [2.45, 2.75) is 6.18 Å². The second-order valence-electron chi connectivity index (χ2n) is 3.88. The predicted molar refractivity (Wildman–Crippen MR) is 73.3 cm³/mol. The van der Waals surface area contributed by atoms with Crippen LogP contribution in [0.3, 0.4) is 0 Å². The van der Waals surface area contributed by atoms with Crippen LogP contribution < -0.4 is 10.1 Å². The van der Waals surface area contributed by atoms with E-state index >= 15 is 0 Å². The monoisotopic (exact) mass is 337 g/mol. The van der Waals surface area contributed by atoms with Gasteiger partial charge in [-0.05, 0) is 29.8 Å².